The minimum Gasteiger partial charge on any atom is -0.368 e. The van der Waals surface area contributed by atoms with Gasteiger partial charge in [0.1, 0.15) is 11.3 Å². The zero-order chi connectivity index (χ0) is 16.8. The van der Waals surface area contributed by atoms with E-state index in [2.05, 4.69) is 35.9 Å². The maximum absolute atomic E-state index is 5.87. The third-order valence-corrected chi connectivity index (χ3v) is 4.80. The molecule has 4 heterocycles. The molecule has 4 N–H and O–H groups in total. The number of piperidine rings is 1. The largest absolute Gasteiger partial charge is 0.368 e. The molecule has 0 aliphatic carbocycles. The van der Waals surface area contributed by atoms with Crippen LogP contribution in [0.2, 0.25) is 0 Å². The average Bonchev–Trinajstić information content (AvgIpc) is 3.27. The first kappa shape index (κ1) is 14.2. The number of anilines is 2. The van der Waals surface area contributed by atoms with Crippen molar-refractivity contribution >= 4 is 34.0 Å². The Labute approximate surface area is 143 Å². The number of fused-ring (bicyclic) bond motifs is 2. The lowest BCUT2D eigenvalue weighted by Gasteiger charge is -2.32. The van der Waals surface area contributed by atoms with Crippen molar-refractivity contribution in [3.8, 4) is 0 Å². The Morgan fingerprint density at radius 2 is 2.08 bits per heavy atom. The highest BCUT2D eigenvalue weighted by atomic mass is 15.2. The minimum absolute atomic E-state index is 0.250. The van der Waals surface area contributed by atoms with Crippen molar-refractivity contribution in [3.05, 3.63) is 36.4 Å². The van der Waals surface area contributed by atoms with Crippen LogP contribution in [0.25, 0.3) is 22.2 Å². The standard InChI is InChI=1S/C17H18N8/c18-17-23-15-13(19-9-20-15)16(24-17)25-7-3-4-10(8-25)14-21-11-5-1-2-6-12(11)22-14/h1-2,5-6,9-10H,3-4,7-8H2,(H,21,22)(H3,18,19,20,23,24)/t10-/m1/s1. The van der Waals surface area contributed by atoms with Crippen molar-refractivity contribution in [1.82, 2.24) is 29.9 Å². The molecule has 1 atom stereocenters. The summed E-state index contributed by atoms with van der Waals surface area (Å²) in [6.45, 7) is 1.77. The van der Waals surface area contributed by atoms with Crippen molar-refractivity contribution in [3.63, 3.8) is 0 Å². The van der Waals surface area contributed by atoms with E-state index in [1.165, 1.54) is 0 Å². The molecule has 0 amide bonds. The van der Waals surface area contributed by atoms with E-state index in [1.807, 2.05) is 18.2 Å². The van der Waals surface area contributed by atoms with Crippen LogP contribution < -0.4 is 10.6 Å². The van der Waals surface area contributed by atoms with Gasteiger partial charge in [0, 0.05) is 19.0 Å². The summed E-state index contributed by atoms with van der Waals surface area (Å²) in [7, 11) is 0. The van der Waals surface area contributed by atoms with Gasteiger partial charge in [0.15, 0.2) is 11.5 Å². The first-order valence-electron chi connectivity index (χ1n) is 8.44. The van der Waals surface area contributed by atoms with Crippen molar-refractivity contribution in [2.24, 2.45) is 0 Å². The molecule has 4 aromatic rings. The molecule has 1 aromatic carbocycles. The zero-order valence-corrected chi connectivity index (χ0v) is 13.6. The number of nitrogens with one attached hydrogen (secondary N) is 2. The summed E-state index contributed by atoms with van der Waals surface area (Å²) >= 11 is 0. The van der Waals surface area contributed by atoms with Gasteiger partial charge in [-0.2, -0.15) is 9.97 Å². The van der Waals surface area contributed by atoms with E-state index < -0.39 is 0 Å². The normalized spacial score (nSPS) is 18.2. The highest BCUT2D eigenvalue weighted by Gasteiger charge is 2.26. The number of H-pyrrole nitrogens is 2. The van der Waals surface area contributed by atoms with Crippen LogP contribution in [0.1, 0.15) is 24.6 Å². The lowest BCUT2D eigenvalue weighted by molar-refractivity contribution is 0.493. The monoisotopic (exact) mass is 334 g/mol. The molecule has 0 spiro atoms. The number of nitrogens with zero attached hydrogens (tertiary/aromatic N) is 5. The lowest BCUT2D eigenvalue weighted by Crippen LogP contribution is -2.35. The van der Waals surface area contributed by atoms with Gasteiger partial charge in [-0.3, -0.25) is 0 Å². The van der Waals surface area contributed by atoms with Gasteiger partial charge in [0.2, 0.25) is 5.95 Å². The lowest BCUT2D eigenvalue weighted by atomic mass is 9.97. The fourth-order valence-corrected chi connectivity index (χ4v) is 3.62. The van der Waals surface area contributed by atoms with E-state index in [1.54, 1.807) is 6.33 Å². The summed E-state index contributed by atoms with van der Waals surface area (Å²) in [5.74, 6) is 2.44. The predicted octanol–water partition coefficient (Wildman–Crippen LogP) is 2.20. The van der Waals surface area contributed by atoms with Crippen LogP contribution in [0.3, 0.4) is 0 Å². The smallest absolute Gasteiger partial charge is 0.224 e. The maximum Gasteiger partial charge on any atom is 0.224 e. The summed E-state index contributed by atoms with van der Waals surface area (Å²) in [6, 6.07) is 8.13. The average molecular weight is 334 g/mol. The molecule has 1 aliphatic heterocycles. The summed E-state index contributed by atoms with van der Waals surface area (Å²) < 4.78 is 0. The minimum atomic E-state index is 0.250. The summed E-state index contributed by atoms with van der Waals surface area (Å²) in [5, 5.41) is 0. The first-order valence-corrected chi connectivity index (χ1v) is 8.44. The van der Waals surface area contributed by atoms with Gasteiger partial charge in [-0.15, -0.1) is 0 Å². The third-order valence-electron chi connectivity index (χ3n) is 4.80. The quantitative estimate of drug-likeness (QED) is 0.518. The van der Waals surface area contributed by atoms with Crippen LogP contribution in [0.15, 0.2) is 30.6 Å². The number of nitrogens with two attached hydrogens (primary N) is 1. The molecule has 8 heteroatoms. The Morgan fingerprint density at radius 3 is 3.00 bits per heavy atom. The Balaban J connectivity index is 1.50. The highest BCUT2D eigenvalue weighted by Crippen LogP contribution is 2.31. The molecule has 126 valence electrons. The van der Waals surface area contributed by atoms with Gasteiger partial charge in [-0.25, -0.2) is 9.97 Å². The maximum atomic E-state index is 5.87. The second-order valence-corrected chi connectivity index (χ2v) is 6.43. The van der Waals surface area contributed by atoms with E-state index in [4.69, 9.17) is 10.7 Å². The highest BCUT2D eigenvalue weighted by molar-refractivity contribution is 5.84. The molecule has 0 saturated carbocycles. The van der Waals surface area contributed by atoms with Gasteiger partial charge < -0.3 is 20.6 Å². The number of hydrogen-bond acceptors (Lipinski definition) is 6. The summed E-state index contributed by atoms with van der Waals surface area (Å²) in [6.07, 6.45) is 3.80. The molecule has 3 aromatic heterocycles. The molecular weight excluding hydrogens is 316 g/mol. The number of rotatable bonds is 2. The molecule has 0 bridgehead atoms. The van der Waals surface area contributed by atoms with Gasteiger partial charge in [0.25, 0.3) is 0 Å². The molecule has 1 saturated heterocycles. The second-order valence-electron chi connectivity index (χ2n) is 6.43. The van der Waals surface area contributed by atoms with Crippen LogP contribution in [0, 0.1) is 0 Å². The number of nitrogen functional groups attached to an aromatic ring is 1. The molecular formula is C17H18N8. The number of hydrogen-bond donors (Lipinski definition) is 3. The number of benzene rings is 1. The second kappa shape index (κ2) is 5.44. The van der Waals surface area contributed by atoms with Crippen molar-refractivity contribution in [2.75, 3.05) is 23.7 Å². The number of imidazole rings is 2. The Bertz CT molecular complexity index is 1020. The van der Waals surface area contributed by atoms with Crippen LogP contribution in [-0.2, 0) is 0 Å². The van der Waals surface area contributed by atoms with Crippen molar-refractivity contribution < 1.29 is 0 Å². The van der Waals surface area contributed by atoms with Crippen LogP contribution in [0.5, 0.6) is 0 Å². The molecule has 5 rings (SSSR count). The van der Waals surface area contributed by atoms with Crippen molar-refractivity contribution in [2.45, 2.75) is 18.8 Å². The van der Waals surface area contributed by atoms with E-state index in [9.17, 15) is 0 Å². The van der Waals surface area contributed by atoms with E-state index in [0.29, 0.717) is 11.6 Å². The summed E-state index contributed by atoms with van der Waals surface area (Å²) in [5.41, 5.74) is 9.40. The topological polar surface area (TPSA) is 112 Å². The SMILES string of the molecule is Nc1nc(N2CCC[C@@H](c3nc4ccccc4[nH]3)C2)c2[nH]cnc2n1. The van der Waals surface area contributed by atoms with Crippen LogP contribution in [0.4, 0.5) is 11.8 Å². The molecule has 1 fully saturated rings. The number of para-hydroxylation sites is 2. The van der Waals surface area contributed by atoms with E-state index in [0.717, 1.165) is 54.1 Å². The van der Waals surface area contributed by atoms with Gasteiger partial charge in [-0.1, -0.05) is 12.1 Å². The molecule has 1 aliphatic rings. The fourth-order valence-electron chi connectivity index (χ4n) is 3.62. The Morgan fingerprint density at radius 1 is 1.16 bits per heavy atom. The van der Waals surface area contributed by atoms with Gasteiger partial charge >= 0.3 is 0 Å². The van der Waals surface area contributed by atoms with Crippen LogP contribution >= 0.6 is 0 Å². The first-order chi connectivity index (χ1) is 12.3. The fraction of sp³-hybridized carbons (Fsp3) is 0.294. The molecule has 0 unspecified atom stereocenters. The number of aromatic amines is 2. The molecule has 8 nitrogen and oxygen atoms in total. The predicted molar refractivity (Wildman–Crippen MR) is 96.4 cm³/mol. The van der Waals surface area contributed by atoms with Gasteiger partial charge in [0.05, 0.1) is 17.4 Å². The molecule has 25 heavy (non-hydrogen) atoms. The third kappa shape index (κ3) is 2.37. The molecule has 0 radical (unpaired) electrons. The van der Waals surface area contributed by atoms with Gasteiger partial charge in [-0.05, 0) is 25.0 Å². The van der Waals surface area contributed by atoms with E-state index >= 15 is 0 Å². The number of aromatic nitrogens is 6. The summed E-state index contributed by atoms with van der Waals surface area (Å²) in [4.78, 5) is 26.5. The zero-order valence-electron chi connectivity index (χ0n) is 13.6. The van der Waals surface area contributed by atoms with E-state index in [-0.39, 0.29) is 5.95 Å². The Hall–Kier alpha value is -3.16. The van der Waals surface area contributed by atoms with Crippen molar-refractivity contribution in [1.29, 1.82) is 0 Å². The Kier molecular flexibility index (Phi) is 3.09. The van der Waals surface area contributed by atoms with Crippen LogP contribution in [-0.4, -0.2) is 43.0 Å².